The number of hydrogen-bond acceptors (Lipinski definition) is 7. The molecule has 0 atom stereocenters. The SMILES string of the molecule is COC12CCC(n3c(=O)n(C)c4cnc(Nc5cn6ncnc6cc5C)nc43)(CC1)C2. The van der Waals surface area contributed by atoms with Crippen molar-refractivity contribution < 1.29 is 4.74 Å². The Hall–Kier alpha value is -3.27. The lowest BCUT2D eigenvalue weighted by molar-refractivity contribution is -0.000343. The molecule has 160 valence electrons. The number of imidazole rings is 1. The Balaban J connectivity index is 1.46. The maximum atomic E-state index is 13.3. The molecule has 2 aliphatic rings. The minimum absolute atomic E-state index is 0.0459. The summed E-state index contributed by atoms with van der Waals surface area (Å²) in [7, 11) is 3.57. The largest absolute Gasteiger partial charge is 0.378 e. The number of ether oxygens (including phenoxy) is 1. The fraction of sp³-hybridized carbons (Fsp3) is 0.476. The smallest absolute Gasteiger partial charge is 0.330 e. The van der Waals surface area contributed by atoms with E-state index in [0.717, 1.165) is 54.5 Å². The van der Waals surface area contributed by atoms with Gasteiger partial charge in [-0.1, -0.05) is 0 Å². The number of nitrogens with one attached hydrogen (secondary N) is 1. The Morgan fingerprint density at radius 2 is 2.00 bits per heavy atom. The second kappa shape index (κ2) is 6.13. The number of anilines is 2. The molecule has 0 aliphatic heterocycles. The first-order valence-corrected chi connectivity index (χ1v) is 10.5. The van der Waals surface area contributed by atoms with Crippen LogP contribution in [-0.2, 0) is 17.3 Å². The lowest BCUT2D eigenvalue weighted by atomic mass is 9.92. The molecule has 10 heteroatoms. The summed E-state index contributed by atoms with van der Waals surface area (Å²) in [6.07, 6.45) is 9.75. The molecule has 2 aliphatic carbocycles. The standard InChI is InChI=1S/C21H24N8O2/c1-13-8-16-23-12-24-28(16)10-14(13)25-18-22-9-15-17(26-18)29(19(30)27(15)2)20-4-6-21(11-20,31-3)7-5-20/h8-10,12H,4-7,11H2,1-3H3,(H,22,25,26). The summed E-state index contributed by atoms with van der Waals surface area (Å²) in [6, 6.07) is 1.95. The third-order valence-corrected chi connectivity index (χ3v) is 7.32. The van der Waals surface area contributed by atoms with Gasteiger partial charge in [0.1, 0.15) is 11.8 Å². The van der Waals surface area contributed by atoms with Crippen LogP contribution in [0.3, 0.4) is 0 Å². The molecule has 0 spiro atoms. The minimum Gasteiger partial charge on any atom is -0.378 e. The van der Waals surface area contributed by atoms with Crippen LogP contribution in [0.15, 0.2) is 29.6 Å². The Kier molecular flexibility index (Phi) is 3.66. The van der Waals surface area contributed by atoms with Gasteiger partial charge in [-0.2, -0.15) is 10.1 Å². The Bertz CT molecular complexity index is 1390. The van der Waals surface area contributed by atoms with Crippen molar-refractivity contribution in [1.82, 2.24) is 33.7 Å². The molecule has 4 aromatic rings. The molecule has 4 heterocycles. The first kappa shape index (κ1) is 18.5. The van der Waals surface area contributed by atoms with E-state index in [-0.39, 0.29) is 16.8 Å². The molecule has 4 aromatic heterocycles. The molecule has 2 saturated carbocycles. The molecule has 0 radical (unpaired) electrons. The van der Waals surface area contributed by atoms with Crippen LogP contribution in [0.25, 0.3) is 16.8 Å². The summed E-state index contributed by atoms with van der Waals surface area (Å²) < 4.78 is 11.1. The predicted octanol–water partition coefficient (Wildman–Crippen LogP) is 2.28. The maximum Gasteiger partial charge on any atom is 0.330 e. The average Bonchev–Trinajstić information content (AvgIpc) is 3.52. The summed E-state index contributed by atoms with van der Waals surface area (Å²) in [5.41, 5.74) is 3.61. The normalized spacial score (nSPS) is 25.1. The highest BCUT2D eigenvalue weighted by Gasteiger charge is 2.57. The number of rotatable bonds is 4. The lowest BCUT2D eigenvalue weighted by Crippen LogP contribution is -2.38. The van der Waals surface area contributed by atoms with Crippen LogP contribution in [0.2, 0.25) is 0 Å². The molecule has 10 nitrogen and oxygen atoms in total. The third kappa shape index (κ3) is 2.51. The van der Waals surface area contributed by atoms with Gasteiger partial charge in [0.25, 0.3) is 0 Å². The first-order valence-electron chi connectivity index (χ1n) is 10.5. The van der Waals surface area contributed by atoms with Gasteiger partial charge in [0.2, 0.25) is 5.95 Å². The van der Waals surface area contributed by atoms with Crippen LogP contribution in [-0.4, -0.2) is 46.4 Å². The Morgan fingerprint density at radius 3 is 2.74 bits per heavy atom. The zero-order valence-corrected chi connectivity index (χ0v) is 17.8. The fourth-order valence-corrected chi connectivity index (χ4v) is 5.51. The number of hydrogen-bond donors (Lipinski definition) is 1. The molecule has 6 rings (SSSR count). The number of pyridine rings is 1. The summed E-state index contributed by atoms with van der Waals surface area (Å²) in [6.45, 7) is 1.99. The monoisotopic (exact) mass is 420 g/mol. The number of aryl methyl sites for hydroxylation is 2. The molecule has 31 heavy (non-hydrogen) atoms. The summed E-state index contributed by atoms with van der Waals surface area (Å²) in [4.78, 5) is 26.8. The Morgan fingerprint density at radius 1 is 1.19 bits per heavy atom. The number of methoxy groups -OCH3 is 1. The Labute approximate surface area is 177 Å². The molecule has 0 amide bonds. The second-order valence-corrected chi connectivity index (χ2v) is 8.93. The van der Waals surface area contributed by atoms with Crippen molar-refractivity contribution in [1.29, 1.82) is 0 Å². The molecule has 1 N–H and O–H groups in total. The van der Waals surface area contributed by atoms with E-state index in [4.69, 9.17) is 9.72 Å². The van der Waals surface area contributed by atoms with Gasteiger partial charge in [0, 0.05) is 20.6 Å². The molecule has 0 saturated heterocycles. The van der Waals surface area contributed by atoms with Gasteiger partial charge >= 0.3 is 5.69 Å². The van der Waals surface area contributed by atoms with E-state index < -0.39 is 0 Å². The lowest BCUT2D eigenvalue weighted by Gasteiger charge is -2.28. The van der Waals surface area contributed by atoms with Crippen molar-refractivity contribution in [3.63, 3.8) is 0 Å². The van der Waals surface area contributed by atoms with Crippen molar-refractivity contribution in [3.05, 3.63) is 40.8 Å². The quantitative estimate of drug-likeness (QED) is 0.540. The van der Waals surface area contributed by atoms with Crippen LogP contribution in [0.5, 0.6) is 0 Å². The van der Waals surface area contributed by atoms with Gasteiger partial charge in [-0.05, 0) is 44.2 Å². The van der Waals surface area contributed by atoms with E-state index >= 15 is 0 Å². The number of fused-ring (bicyclic) bond motifs is 4. The molecule has 0 unspecified atom stereocenters. The van der Waals surface area contributed by atoms with Gasteiger partial charge in [-0.3, -0.25) is 9.13 Å². The van der Waals surface area contributed by atoms with Crippen molar-refractivity contribution in [3.8, 4) is 0 Å². The fourth-order valence-electron chi connectivity index (χ4n) is 5.51. The van der Waals surface area contributed by atoms with E-state index in [1.807, 2.05) is 23.8 Å². The summed E-state index contributed by atoms with van der Waals surface area (Å²) in [5.74, 6) is 0.444. The molecule has 2 bridgehead atoms. The topological polar surface area (TPSA) is 104 Å². The number of nitrogens with zero attached hydrogens (tertiary/aromatic N) is 7. The van der Waals surface area contributed by atoms with Crippen molar-refractivity contribution >= 4 is 28.4 Å². The van der Waals surface area contributed by atoms with Crippen molar-refractivity contribution in [2.75, 3.05) is 12.4 Å². The zero-order chi connectivity index (χ0) is 21.4. The van der Waals surface area contributed by atoms with Crippen LogP contribution in [0.4, 0.5) is 11.6 Å². The van der Waals surface area contributed by atoms with E-state index in [9.17, 15) is 4.79 Å². The molecular weight excluding hydrogens is 396 g/mol. The summed E-state index contributed by atoms with van der Waals surface area (Å²) >= 11 is 0. The van der Waals surface area contributed by atoms with E-state index in [1.165, 1.54) is 6.33 Å². The second-order valence-electron chi connectivity index (χ2n) is 8.93. The molecule has 0 aromatic carbocycles. The van der Waals surface area contributed by atoms with Crippen LogP contribution in [0, 0.1) is 6.92 Å². The highest BCUT2D eigenvalue weighted by atomic mass is 16.5. The number of aromatic nitrogens is 7. The minimum atomic E-state index is -0.242. The van der Waals surface area contributed by atoms with Crippen LogP contribution in [0.1, 0.15) is 37.7 Å². The van der Waals surface area contributed by atoms with Crippen molar-refractivity contribution in [2.45, 2.75) is 50.2 Å². The third-order valence-electron chi connectivity index (χ3n) is 7.32. The van der Waals surface area contributed by atoms with Crippen molar-refractivity contribution in [2.24, 2.45) is 7.05 Å². The summed E-state index contributed by atoms with van der Waals surface area (Å²) in [5, 5.41) is 7.49. The molecule has 2 fully saturated rings. The first-order chi connectivity index (χ1) is 14.9. The van der Waals surface area contributed by atoms with Crippen LogP contribution < -0.4 is 11.0 Å². The van der Waals surface area contributed by atoms with Gasteiger partial charge < -0.3 is 10.1 Å². The maximum absolute atomic E-state index is 13.3. The molecular formula is C21H24N8O2. The van der Waals surface area contributed by atoms with Gasteiger partial charge in [0.15, 0.2) is 11.3 Å². The van der Waals surface area contributed by atoms with E-state index in [1.54, 1.807) is 29.4 Å². The van der Waals surface area contributed by atoms with Gasteiger partial charge in [-0.15, -0.1) is 0 Å². The van der Waals surface area contributed by atoms with Gasteiger partial charge in [-0.25, -0.2) is 19.3 Å². The van der Waals surface area contributed by atoms with Crippen LogP contribution >= 0.6 is 0 Å². The van der Waals surface area contributed by atoms with E-state index in [0.29, 0.717) is 11.6 Å². The average molecular weight is 420 g/mol. The zero-order valence-electron chi connectivity index (χ0n) is 17.8. The predicted molar refractivity (Wildman–Crippen MR) is 115 cm³/mol. The highest BCUT2D eigenvalue weighted by Crippen LogP contribution is 2.56. The van der Waals surface area contributed by atoms with E-state index in [2.05, 4.69) is 20.4 Å². The highest BCUT2D eigenvalue weighted by molar-refractivity contribution is 5.73. The van der Waals surface area contributed by atoms with Gasteiger partial charge in [0.05, 0.1) is 29.2 Å².